The fraction of sp³-hybridized carbons (Fsp3) is 0.0741. The van der Waals surface area contributed by atoms with Crippen LogP contribution in [-0.4, -0.2) is 19.0 Å². The minimum absolute atomic E-state index is 0.0622. The lowest BCUT2D eigenvalue weighted by molar-refractivity contribution is -0.128. The summed E-state index contributed by atoms with van der Waals surface area (Å²) in [7, 11) is 1.30. The first kappa shape index (κ1) is 24.9. The molecule has 1 heterocycles. The summed E-state index contributed by atoms with van der Waals surface area (Å²) >= 11 is 12.0. The van der Waals surface area contributed by atoms with Gasteiger partial charge in [-0.15, -0.1) is 0 Å². The molecule has 180 valence electrons. The first-order valence-electron chi connectivity index (χ1n) is 10.6. The zero-order chi connectivity index (χ0) is 25.8. The van der Waals surface area contributed by atoms with Crippen LogP contribution in [0.5, 0.6) is 11.5 Å². The zero-order valence-corrected chi connectivity index (χ0v) is 20.3. The van der Waals surface area contributed by atoms with E-state index in [4.69, 9.17) is 43.1 Å². The number of rotatable bonds is 5. The number of ether oxygens (including phenoxy) is 3. The van der Waals surface area contributed by atoms with Crippen LogP contribution in [0.15, 0.2) is 78.2 Å². The predicted molar refractivity (Wildman–Crippen MR) is 135 cm³/mol. The maximum atomic E-state index is 12.4. The number of nitriles is 1. The van der Waals surface area contributed by atoms with Gasteiger partial charge in [-0.05, 0) is 47.5 Å². The van der Waals surface area contributed by atoms with Gasteiger partial charge in [-0.25, -0.2) is 9.59 Å². The van der Waals surface area contributed by atoms with E-state index in [0.717, 1.165) is 5.56 Å². The molecular weight excluding hydrogens is 503 g/mol. The van der Waals surface area contributed by atoms with Crippen LogP contribution in [-0.2, 0) is 9.53 Å². The number of fused-ring (bicyclic) bond motifs is 1. The van der Waals surface area contributed by atoms with Crippen molar-refractivity contribution in [2.45, 2.75) is 5.92 Å². The summed E-state index contributed by atoms with van der Waals surface area (Å²) in [6, 6.07) is 18.5. The number of carbonyl (C=O) groups excluding carboxylic acids is 2. The fourth-order valence-corrected chi connectivity index (χ4v) is 4.19. The molecule has 1 unspecified atom stereocenters. The Labute approximate surface area is 216 Å². The smallest absolute Gasteiger partial charge is 0.337 e. The third kappa shape index (κ3) is 5.20. The molecule has 0 saturated heterocycles. The van der Waals surface area contributed by atoms with Crippen LogP contribution in [0.3, 0.4) is 0 Å². The third-order valence-electron chi connectivity index (χ3n) is 5.44. The molecule has 3 aromatic carbocycles. The standard InChI is InChI=1S/C27H18Cl2N2O5/c1-34-27(33)17-4-2-16(3-5-17)25-20-10-9-19(13-23(20)36-26(31)21(25)14-30)35-24(32)11-7-15-6-8-18(28)12-22(15)29/h2-13,25H,31H2,1H3/b11-7+. The van der Waals surface area contributed by atoms with Gasteiger partial charge in [0, 0.05) is 27.8 Å². The van der Waals surface area contributed by atoms with Gasteiger partial charge in [0.05, 0.1) is 18.6 Å². The molecule has 9 heteroatoms. The lowest BCUT2D eigenvalue weighted by Crippen LogP contribution is -2.21. The molecule has 4 rings (SSSR count). The molecule has 1 atom stereocenters. The van der Waals surface area contributed by atoms with Crippen LogP contribution >= 0.6 is 23.2 Å². The monoisotopic (exact) mass is 520 g/mol. The number of allylic oxidation sites excluding steroid dienone is 1. The summed E-state index contributed by atoms with van der Waals surface area (Å²) in [6.07, 6.45) is 2.76. The third-order valence-corrected chi connectivity index (χ3v) is 6.00. The largest absolute Gasteiger partial charge is 0.465 e. The summed E-state index contributed by atoms with van der Waals surface area (Å²) in [5, 5.41) is 10.6. The van der Waals surface area contributed by atoms with Crippen molar-refractivity contribution < 1.29 is 23.8 Å². The van der Waals surface area contributed by atoms with Gasteiger partial charge in [0.2, 0.25) is 5.88 Å². The Morgan fingerprint density at radius 2 is 1.83 bits per heavy atom. The Kier molecular flexibility index (Phi) is 7.30. The molecule has 0 bridgehead atoms. The van der Waals surface area contributed by atoms with E-state index >= 15 is 0 Å². The molecular formula is C27H18Cl2N2O5. The molecule has 7 nitrogen and oxygen atoms in total. The molecule has 2 N–H and O–H groups in total. The van der Waals surface area contributed by atoms with Gasteiger partial charge in [0.15, 0.2) is 0 Å². The second kappa shape index (κ2) is 10.6. The number of methoxy groups -OCH3 is 1. The van der Waals surface area contributed by atoms with Gasteiger partial charge in [-0.1, -0.05) is 47.5 Å². The Bertz CT molecular complexity index is 1460. The van der Waals surface area contributed by atoms with Crippen molar-refractivity contribution in [3.8, 4) is 17.6 Å². The highest BCUT2D eigenvalue weighted by atomic mass is 35.5. The molecule has 0 saturated carbocycles. The number of nitrogens with two attached hydrogens (primary N) is 1. The molecule has 0 fully saturated rings. The highest BCUT2D eigenvalue weighted by Gasteiger charge is 2.31. The zero-order valence-electron chi connectivity index (χ0n) is 18.8. The summed E-state index contributed by atoms with van der Waals surface area (Å²) in [6.45, 7) is 0. The number of carbonyl (C=O) groups is 2. The first-order valence-corrected chi connectivity index (χ1v) is 11.3. The van der Waals surface area contributed by atoms with Crippen molar-refractivity contribution in [3.05, 3.63) is 110 Å². The van der Waals surface area contributed by atoms with Crippen LogP contribution in [0.25, 0.3) is 6.08 Å². The van der Waals surface area contributed by atoms with E-state index in [2.05, 4.69) is 6.07 Å². The van der Waals surface area contributed by atoms with Crippen LogP contribution < -0.4 is 15.2 Å². The van der Waals surface area contributed by atoms with Gasteiger partial charge in [0.25, 0.3) is 0 Å². The highest BCUT2D eigenvalue weighted by Crippen LogP contribution is 2.43. The van der Waals surface area contributed by atoms with E-state index in [0.29, 0.717) is 32.5 Å². The number of halogens is 2. The van der Waals surface area contributed by atoms with E-state index in [-0.39, 0.29) is 17.2 Å². The molecule has 1 aliphatic heterocycles. The Morgan fingerprint density at radius 3 is 2.50 bits per heavy atom. The topological polar surface area (TPSA) is 112 Å². The maximum absolute atomic E-state index is 12.4. The van der Waals surface area contributed by atoms with E-state index in [1.807, 2.05) is 0 Å². The maximum Gasteiger partial charge on any atom is 0.337 e. The molecule has 0 spiro atoms. The lowest BCUT2D eigenvalue weighted by atomic mass is 9.83. The summed E-state index contributed by atoms with van der Waals surface area (Å²) in [5.41, 5.74) is 8.61. The Hall–Kier alpha value is -4.25. The molecule has 0 aromatic heterocycles. The molecule has 36 heavy (non-hydrogen) atoms. The van der Waals surface area contributed by atoms with Crippen molar-refractivity contribution in [2.75, 3.05) is 7.11 Å². The van der Waals surface area contributed by atoms with Gasteiger partial charge in [0.1, 0.15) is 23.1 Å². The minimum atomic E-state index is -0.632. The Balaban J connectivity index is 1.59. The second-order valence-corrected chi connectivity index (χ2v) is 8.50. The van der Waals surface area contributed by atoms with Crippen LogP contribution in [0, 0.1) is 11.3 Å². The number of benzene rings is 3. The number of esters is 2. The number of hydrogen-bond donors (Lipinski definition) is 1. The van der Waals surface area contributed by atoms with Crippen LogP contribution in [0.1, 0.15) is 33.0 Å². The number of nitrogens with zero attached hydrogens (tertiary/aromatic N) is 1. The van der Waals surface area contributed by atoms with Crippen molar-refractivity contribution >= 4 is 41.2 Å². The average molecular weight is 521 g/mol. The fourth-order valence-electron chi connectivity index (χ4n) is 3.72. The normalized spacial score (nSPS) is 14.6. The van der Waals surface area contributed by atoms with Crippen molar-refractivity contribution in [2.24, 2.45) is 5.73 Å². The van der Waals surface area contributed by atoms with E-state index in [9.17, 15) is 14.9 Å². The van der Waals surface area contributed by atoms with E-state index < -0.39 is 17.9 Å². The van der Waals surface area contributed by atoms with Gasteiger partial charge in [-0.2, -0.15) is 5.26 Å². The highest BCUT2D eigenvalue weighted by molar-refractivity contribution is 6.35. The SMILES string of the molecule is COC(=O)c1ccc(C2C(C#N)=C(N)Oc3cc(OC(=O)/C=C/c4ccc(Cl)cc4Cl)ccc32)cc1. The molecule has 0 aliphatic carbocycles. The van der Waals surface area contributed by atoms with Crippen LogP contribution in [0.2, 0.25) is 10.0 Å². The van der Waals surface area contributed by atoms with Gasteiger partial charge in [-0.3, -0.25) is 0 Å². The van der Waals surface area contributed by atoms with Crippen molar-refractivity contribution in [1.29, 1.82) is 5.26 Å². The van der Waals surface area contributed by atoms with Gasteiger partial charge < -0.3 is 19.9 Å². The minimum Gasteiger partial charge on any atom is -0.465 e. The van der Waals surface area contributed by atoms with Gasteiger partial charge >= 0.3 is 11.9 Å². The molecule has 1 aliphatic rings. The lowest BCUT2D eigenvalue weighted by Gasteiger charge is -2.26. The van der Waals surface area contributed by atoms with E-state index in [1.54, 1.807) is 54.6 Å². The average Bonchev–Trinajstić information content (AvgIpc) is 2.87. The summed E-state index contributed by atoms with van der Waals surface area (Å²) in [4.78, 5) is 24.1. The molecule has 0 radical (unpaired) electrons. The molecule has 0 amide bonds. The number of hydrogen-bond acceptors (Lipinski definition) is 7. The van der Waals surface area contributed by atoms with Crippen molar-refractivity contribution in [1.82, 2.24) is 0 Å². The van der Waals surface area contributed by atoms with Crippen LogP contribution in [0.4, 0.5) is 0 Å². The van der Waals surface area contributed by atoms with E-state index in [1.165, 1.54) is 25.3 Å². The quantitative estimate of drug-likeness (QED) is 0.264. The second-order valence-electron chi connectivity index (χ2n) is 7.66. The summed E-state index contributed by atoms with van der Waals surface area (Å²) < 4.78 is 15.8. The summed E-state index contributed by atoms with van der Waals surface area (Å²) in [5.74, 6) is -1.15. The first-order chi connectivity index (χ1) is 17.3. The molecule has 3 aromatic rings. The van der Waals surface area contributed by atoms with Crippen molar-refractivity contribution in [3.63, 3.8) is 0 Å². The Morgan fingerprint density at radius 1 is 1.08 bits per heavy atom. The predicted octanol–water partition coefficient (Wildman–Crippen LogP) is 5.62.